The molecule has 76 valence electrons. The van der Waals surface area contributed by atoms with E-state index >= 15 is 0 Å². The van der Waals surface area contributed by atoms with Gasteiger partial charge in [-0.15, -0.1) is 0 Å². The molecule has 0 amide bonds. The maximum Gasteiger partial charge on any atom is 0.138 e. The minimum atomic E-state index is -1.35. The Balaban J connectivity index is 2.23. The van der Waals surface area contributed by atoms with Crippen molar-refractivity contribution in [2.24, 2.45) is 5.92 Å². The molecule has 1 N–H and O–H groups in total. The lowest BCUT2D eigenvalue weighted by molar-refractivity contribution is 0.0630. The summed E-state index contributed by atoms with van der Waals surface area (Å²) in [4.78, 5) is 0. The highest BCUT2D eigenvalue weighted by Gasteiger charge is 2.39. The van der Waals surface area contributed by atoms with Crippen molar-refractivity contribution in [3.63, 3.8) is 0 Å². The second kappa shape index (κ2) is 3.31. The predicted molar refractivity (Wildman–Crippen MR) is 51.2 cm³/mol. The molecule has 0 saturated carbocycles. The van der Waals surface area contributed by atoms with E-state index in [4.69, 9.17) is 0 Å². The lowest BCUT2D eigenvalue weighted by atomic mass is 9.81. The van der Waals surface area contributed by atoms with E-state index in [1.165, 1.54) is 24.3 Å². The minimum Gasteiger partial charge on any atom is -0.316 e. The van der Waals surface area contributed by atoms with Gasteiger partial charge in [-0.25, -0.2) is 8.78 Å². The standard InChI is InChI=1S/C11H13F2N/c1-11(13,9-6-14-7-9)8-2-4-10(12)5-3-8/h2-5,9,14H,6-7H2,1H3. The molecular formula is C11H13F2N. The highest BCUT2D eigenvalue weighted by atomic mass is 19.1. The van der Waals surface area contributed by atoms with E-state index in [1.807, 2.05) is 0 Å². The van der Waals surface area contributed by atoms with E-state index in [-0.39, 0.29) is 11.7 Å². The molecule has 1 aromatic carbocycles. The Morgan fingerprint density at radius 1 is 1.29 bits per heavy atom. The number of hydrogen-bond donors (Lipinski definition) is 1. The van der Waals surface area contributed by atoms with Crippen molar-refractivity contribution in [3.05, 3.63) is 35.6 Å². The van der Waals surface area contributed by atoms with Crippen LogP contribution in [-0.4, -0.2) is 13.1 Å². The Labute approximate surface area is 82.1 Å². The Morgan fingerprint density at radius 2 is 1.86 bits per heavy atom. The minimum absolute atomic E-state index is 0.00737. The van der Waals surface area contributed by atoms with Crippen LogP contribution in [0.3, 0.4) is 0 Å². The second-order valence-electron chi connectivity index (χ2n) is 3.94. The smallest absolute Gasteiger partial charge is 0.138 e. The molecule has 1 fully saturated rings. The van der Waals surface area contributed by atoms with Crippen LogP contribution in [0.2, 0.25) is 0 Å². The van der Waals surface area contributed by atoms with Gasteiger partial charge >= 0.3 is 0 Å². The summed E-state index contributed by atoms with van der Waals surface area (Å²) in [7, 11) is 0. The first-order valence-electron chi connectivity index (χ1n) is 4.76. The van der Waals surface area contributed by atoms with Gasteiger partial charge in [0, 0.05) is 19.0 Å². The molecular weight excluding hydrogens is 184 g/mol. The second-order valence-corrected chi connectivity index (χ2v) is 3.94. The van der Waals surface area contributed by atoms with E-state index in [9.17, 15) is 8.78 Å². The fraction of sp³-hybridized carbons (Fsp3) is 0.455. The predicted octanol–water partition coefficient (Wildman–Crippen LogP) is 2.23. The lowest BCUT2D eigenvalue weighted by Crippen LogP contribution is -2.51. The van der Waals surface area contributed by atoms with Crippen LogP contribution < -0.4 is 5.32 Å². The normalized spacial score (nSPS) is 21.4. The highest BCUT2D eigenvalue weighted by Crippen LogP contribution is 2.35. The molecule has 1 saturated heterocycles. The van der Waals surface area contributed by atoms with Crippen molar-refractivity contribution in [2.75, 3.05) is 13.1 Å². The molecule has 1 heterocycles. The first-order valence-corrected chi connectivity index (χ1v) is 4.76. The molecule has 0 aromatic heterocycles. The molecule has 1 unspecified atom stereocenters. The Kier molecular flexibility index (Phi) is 2.27. The van der Waals surface area contributed by atoms with E-state index in [1.54, 1.807) is 6.92 Å². The first kappa shape index (κ1) is 9.59. The fourth-order valence-corrected chi connectivity index (χ4v) is 1.68. The summed E-state index contributed by atoms with van der Waals surface area (Å²) in [6.07, 6.45) is 0. The van der Waals surface area contributed by atoms with Crippen molar-refractivity contribution in [3.8, 4) is 0 Å². The van der Waals surface area contributed by atoms with Crippen molar-refractivity contribution in [1.29, 1.82) is 0 Å². The third kappa shape index (κ3) is 1.52. The largest absolute Gasteiger partial charge is 0.316 e. The van der Waals surface area contributed by atoms with Gasteiger partial charge in [0.15, 0.2) is 0 Å². The molecule has 1 aliphatic heterocycles. The topological polar surface area (TPSA) is 12.0 Å². The zero-order valence-corrected chi connectivity index (χ0v) is 8.06. The quantitative estimate of drug-likeness (QED) is 0.766. The molecule has 3 heteroatoms. The first-order chi connectivity index (χ1) is 6.60. The van der Waals surface area contributed by atoms with E-state index in [0.717, 1.165) is 0 Å². The monoisotopic (exact) mass is 197 g/mol. The molecule has 0 bridgehead atoms. The van der Waals surface area contributed by atoms with Crippen molar-refractivity contribution in [2.45, 2.75) is 12.6 Å². The molecule has 0 spiro atoms. The molecule has 0 radical (unpaired) electrons. The van der Waals surface area contributed by atoms with Crippen LogP contribution in [0.15, 0.2) is 24.3 Å². The summed E-state index contributed by atoms with van der Waals surface area (Å²) >= 11 is 0. The van der Waals surface area contributed by atoms with Crippen molar-refractivity contribution >= 4 is 0 Å². The number of hydrogen-bond acceptors (Lipinski definition) is 1. The van der Waals surface area contributed by atoms with Gasteiger partial charge in [0.2, 0.25) is 0 Å². The summed E-state index contributed by atoms with van der Waals surface area (Å²) in [5.41, 5.74) is -0.788. The Hall–Kier alpha value is -0.960. The van der Waals surface area contributed by atoms with Crippen molar-refractivity contribution in [1.82, 2.24) is 5.32 Å². The van der Waals surface area contributed by atoms with E-state index < -0.39 is 5.67 Å². The number of alkyl halides is 1. The SMILES string of the molecule is CC(F)(c1ccc(F)cc1)C1CNC1. The van der Waals surface area contributed by atoms with Crippen LogP contribution in [0.5, 0.6) is 0 Å². The third-order valence-electron chi connectivity index (χ3n) is 2.96. The number of nitrogens with one attached hydrogen (secondary N) is 1. The fourth-order valence-electron chi connectivity index (χ4n) is 1.68. The summed E-state index contributed by atoms with van der Waals surface area (Å²) in [5.74, 6) is -0.316. The molecule has 2 rings (SSSR count). The van der Waals surface area contributed by atoms with Gasteiger partial charge in [-0.1, -0.05) is 12.1 Å². The summed E-state index contributed by atoms with van der Waals surface area (Å²) in [6, 6.07) is 5.65. The van der Waals surface area contributed by atoms with Crippen LogP contribution in [0, 0.1) is 11.7 Å². The average Bonchev–Trinajstić information content (AvgIpc) is 2.00. The van der Waals surface area contributed by atoms with E-state index in [2.05, 4.69) is 5.32 Å². The molecule has 1 aromatic rings. The zero-order chi connectivity index (χ0) is 10.2. The number of rotatable bonds is 2. The molecule has 0 aliphatic carbocycles. The molecule has 14 heavy (non-hydrogen) atoms. The highest BCUT2D eigenvalue weighted by molar-refractivity contribution is 5.24. The van der Waals surface area contributed by atoms with Gasteiger partial charge < -0.3 is 5.32 Å². The zero-order valence-electron chi connectivity index (χ0n) is 8.06. The summed E-state index contributed by atoms with van der Waals surface area (Å²) in [6.45, 7) is 2.96. The maximum absolute atomic E-state index is 14.2. The van der Waals surface area contributed by atoms with Crippen molar-refractivity contribution < 1.29 is 8.78 Å². The van der Waals surface area contributed by atoms with Gasteiger partial charge in [-0.2, -0.15) is 0 Å². The molecule has 1 aliphatic rings. The molecule has 1 nitrogen and oxygen atoms in total. The average molecular weight is 197 g/mol. The number of benzene rings is 1. The van der Waals surface area contributed by atoms with Crippen LogP contribution in [0.4, 0.5) is 8.78 Å². The Morgan fingerprint density at radius 3 is 2.29 bits per heavy atom. The lowest BCUT2D eigenvalue weighted by Gasteiger charge is -2.37. The van der Waals surface area contributed by atoms with E-state index in [0.29, 0.717) is 18.7 Å². The molecule has 1 atom stereocenters. The summed E-state index contributed by atoms with van der Waals surface area (Å²) < 4.78 is 26.9. The van der Waals surface area contributed by atoms with Gasteiger partial charge in [-0.05, 0) is 24.6 Å². The van der Waals surface area contributed by atoms with Gasteiger partial charge in [0.25, 0.3) is 0 Å². The Bertz CT molecular complexity index is 315. The van der Waals surface area contributed by atoms with Crippen LogP contribution >= 0.6 is 0 Å². The van der Waals surface area contributed by atoms with Gasteiger partial charge in [0.1, 0.15) is 11.5 Å². The summed E-state index contributed by atoms with van der Waals surface area (Å²) in [5, 5.41) is 3.03. The van der Waals surface area contributed by atoms with Crippen LogP contribution in [0.25, 0.3) is 0 Å². The maximum atomic E-state index is 14.2. The van der Waals surface area contributed by atoms with Crippen LogP contribution in [0.1, 0.15) is 12.5 Å². The number of halogens is 2. The van der Waals surface area contributed by atoms with Gasteiger partial charge in [0.05, 0.1) is 0 Å². The third-order valence-corrected chi connectivity index (χ3v) is 2.96. The van der Waals surface area contributed by atoms with Crippen LogP contribution in [-0.2, 0) is 5.67 Å². The van der Waals surface area contributed by atoms with Gasteiger partial charge in [-0.3, -0.25) is 0 Å².